The molecule has 1 amide bonds. The third-order valence-corrected chi connectivity index (χ3v) is 6.57. The van der Waals surface area contributed by atoms with Crippen molar-refractivity contribution in [3.63, 3.8) is 0 Å². The summed E-state index contributed by atoms with van der Waals surface area (Å²) in [6.45, 7) is 0.967. The van der Waals surface area contributed by atoms with Gasteiger partial charge < -0.3 is 23.8 Å². The minimum Gasteiger partial charge on any atom is -0.497 e. The van der Waals surface area contributed by atoms with E-state index >= 15 is 0 Å². The molecule has 0 fully saturated rings. The molecule has 0 saturated heterocycles. The normalized spacial score (nSPS) is 15.1. The number of ether oxygens (including phenoxy) is 4. The van der Waals surface area contributed by atoms with E-state index in [9.17, 15) is 4.79 Å². The molecule has 1 unspecified atom stereocenters. The van der Waals surface area contributed by atoms with Crippen molar-refractivity contribution >= 4 is 17.2 Å². The van der Waals surface area contributed by atoms with E-state index in [0.717, 1.165) is 33.9 Å². The standard InChI is InChI=1S/C25H27NO5S/c1-28-18-6-8-19(9-7-18)31-16-22-21-15-24(30-3)23(29-2)13-17(21)10-11-26(22)25(27)14-20-5-4-12-32-20/h4-9,12-13,15,22H,10-11,14,16H2,1-3H3. The van der Waals surface area contributed by atoms with Gasteiger partial charge in [-0.1, -0.05) is 6.07 Å². The Kier molecular flexibility index (Phi) is 6.85. The van der Waals surface area contributed by atoms with Gasteiger partial charge in [-0.25, -0.2) is 0 Å². The number of carbonyl (C=O) groups is 1. The van der Waals surface area contributed by atoms with Crippen molar-refractivity contribution in [2.45, 2.75) is 18.9 Å². The summed E-state index contributed by atoms with van der Waals surface area (Å²) in [6.07, 6.45) is 1.14. The first-order valence-corrected chi connectivity index (χ1v) is 11.3. The van der Waals surface area contributed by atoms with Crippen molar-refractivity contribution in [2.24, 2.45) is 0 Å². The maximum absolute atomic E-state index is 13.3. The first kappa shape index (κ1) is 22.0. The van der Waals surface area contributed by atoms with Gasteiger partial charge in [0.15, 0.2) is 11.5 Å². The molecule has 1 aliphatic heterocycles. The third-order valence-electron chi connectivity index (χ3n) is 5.70. The Morgan fingerprint density at radius 2 is 1.72 bits per heavy atom. The van der Waals surface area contributed by atoms with E-state index in [-0.39, 0.29) is 11.9 Å². The van der Waals surface area contributed by atoms with Gasteiger partial charge in [-0.05, 0) is 65.4 Å². The van der Waals surface area contributed by atoms with Crippen molar-refractivity contribution in [3.05, 3.63) is 69.9 Å². The second-order valence-corrected chi connectivity index (χ2v) is 8.53. The fourth-order valence-electron chi connectivity index (χ4n) is 4.02. The number of rotatable bonds is 8. The smallest absolute Gasteiger partial charge is 0.228 e. The molecule has 3 aromatic rings. The largest absolute Gasteiger partial charge is 0.497 e. The van der Waals surface area contributed by atoms with Crippen molar-refractivity contribution in [1.29, 1.82) is 0 Å². The number of carbonyl (C=O) groups excluding carboxylic acids is 1. The molecule has 1 aromatic heterocycles. The van der Waals surface area contributed by atoms with Crippen molar-refractivity contribution < 1.29 is 23.7 Å². The average Bonchev–Trinajstić information content (AvgIpc) is 3.34. The summed E-state index contributed by atoms with van der Waals surface area (Å²) >= 11 is 1.60. The molecule has 1 aliphatic rings. The highest BCUT2D eigenvalue weighted by Crippen LogP contribution is 2.38. The Morgan fingerprint density at radius 3 is 2.38 bits per heavy atom. The molecular formula is C25H27NO5S. The van der Waals surface area contributed by atoms with Gasteiger partial charge in [0.2, 0.25) is 5.91 Å². The predicted molar refractivity (Wildman–Crippen MR) is 124 cm³/mol. The van der Waals surface area contributed by atoms with Gasteiger partial charge in [0.05, 0.1) is 33.8 Å². The molecule has 6 nitrogen and oxygen atoms in total. The molecule has 0 spiro atoms. The molecular weight excluding hydrogens is 426 g/mol. The van der Waals surface area contributed by atoms with Crippen LogP contribution in [0.5, 0.6) is 23.0 Å². The maximum atomic E-state index is 13.3. The number of hydrogen-bond acceptors (Lipinski definition) is 6. The summed E-state index contributed by atoms with van der Waals surface area (Å²) in [5.74, 6) is 2.93. The van der Waals surface area contributed by atoms with E-state index in [2.05, 4.69) is 0 Å². The van der Waals surface area contributed by atoms with Crippen LogP contribution in [0, 0.1) is 0 Å². The first-order valence-electron chi connectivity index (χ1n) is 10.5. The average molecular weight is 454 g/mol. The zero-order valence-corrected chi connectivity index (χ0v) is 19.3. The minimum absolute atomic E-state index is 0.0937. The SMILES string of the molecule is COc1ccc(OCC2c3cc(OC)c(OC)cc3CCN2C(=O)Cc2cccs2)cc1. The van der Waals surface area contributed by atoms with Crippen LogP contribution in [-0.2, 0) is 17.6 Å². The van der Waals surface area contributed by atoms with E-state index in [1.54, 1.807) is 32.7 Å². The highest BCUT2D eigenvalue weighted by molar-refractivity contribution is 7.10. The number of hydrogen-bond donors (Lipinski definition) is 0. The van der Waals surface area contributed by atoms with E-state index in [4.69, 9.17) is 18.9 Å². The topological polar surface area (TPSA) is 57.2 Å². The molecule has 0 N–H and O–H groups in total. The van der Waals surface area contributed by atoms with Crippen LogP contribution in [0.1, 0.15) is 22.0 Å². The summed E-state index contributed by atoms with van der Waals surface area (Å²) in [6, 6.07) is 15.2. The molecule has 4 rings (SSSR count). The van der Waals surface area contributed by atoms with Crippen LogP contribution in [-0.4, -0.2) is 45.3 Å². The number of fused-ring (bicyclic) bond motifs is 1. The lowest BCUT2D eigenvalue weighted by Gasteiger charge is -2.37. The molecule has 168 valence electrons. The summed E-state index contributed by atoms with van der Waals surface area (Å²) in [7, 11) is 4.89. The third kappa shape index (κ3) is 4.67. The predicted octanol–water partition coefficient (Wildman–Crippen LogP) is 4.52. The lowest BCUT2D eigenvalue weighted by Crippen LogP contribution is -2.43. The lowest BCUT2D eigenvalue weighted by atomic mass is 9.91. The summed E-state index contributed by atoms with van der Waals surface area (Å²) in [5, 5.41) is 2.00. The van der Waals surface area contributed by atoms with Gasteiger partial charge in [-0.2, -0.15) is 0 Å². The van der Waals surface area contributed by atoms with Gasteiger partial charge in [-0.15, -0.1) is 11.3 Å². The van der Waals surface area contributed by atoms with Crippen LogP contribution in [0.15, 0.2) is 53.9 Å². The maximum Gasteiger partial charge on any atom is 0.228 e. The number of amides is 1. The second kappa shape index (κ2) is 9.96. The Bertz CT molecular complexity index is 1050. The van der Waals surface area contributed by atoms with E-state index in [0.29, 0.717) is 31.1 Å². The number of methoxy groups -OCH3 is 3. The Balaban J connectivity index is 1.63. The quantitative estimate of drug-likeness (QED) is 0.502. The zero-order valence-electron chi connectivity index (χ0n) is 18.5. The minimum atomic E-state index is -0.229. The van der Waals surface area contributed by atoms with Gasteiger partial charge in [-0.3, -0.25) is 4.79 Å². The second-order valence-electron chi connectivity index (χ2n) is 7.50. The van der Waals surface area contributed by atoms with Crippen molar-refractivity contribution in [2.75, 3.05) is 34.5 Å². The van der Waals surface area contributed by atoms with Crippen molar-refractivity contribution in [3.8, 4) is 23.0 Å². The van der Waals surface area contributed by atoms with E-state index in [1.165, 1.54) is 0 Å². The van der Waals surface area contributed by atoms with Crippen molar-refractivity contribution in [1.82, 2.24) is 4.90 Å². The molecule has 2 aromatic carbocycles. The molecule has 0 saturated carbocycles. The highest BCUT2D eigenvalue weighted by atomic mass is 32.1. The molecule has 0 radical (unpaired) electrons. The first-order chi connectivity index (χ1) is 15.6. The fourth-order valence-corrected chi connectivity index (χ4v) is 4.71. The van der Waals surface area contributed by atoms with Crippen LogP contribution in [0.25, 0.3) is 0 Å². The molecule has 2 heterocycles. The van der Waals surface area contributed by atoms with Crippen LogP contribution < -0.4 is 18.9 Å². The van der Waals surface area contributed by atoms with Crippen LogP contribution in [0.4, 0.5) is 0 Å². The number of thiophene rings is 1. The highest BCUT2D eigenvalue weighted by Gasteiger charge is 2.33. The van der Waals surface area contributed by atoms with E-state index in [1.807, 2.05) is 58.8 Å². The van der Waals surface area contributed by atoms with Crippen LogP contribution in [0.3, 0.4) is 0 Å². The van der Waals surface area contributed by atoms with Crippen LogP contribution in [0.2, 0.25) is 0 Å². The number of benzene rings is 2. The Hall–Kier alpha value is -3.19. The Morgan fingerprint density at radius 1 is 1.00 bits per heavy atom. The van der Waals surface area contributed by atoms with Crippen LogP contribution >= 0.6 is 11.3 Å². The summed E-state index contributed by atoms with van der Waals surface area (Å²) in [5.41, 5.74) is 2.17. The molecule has 7 heteroatoms. The molecule has 1 atom stereocenters. The van der Waals surface area contributed by atoms with Gasteiger partial charge in [0.1, 0.15) is 18.1 Å². The fraction of sp³-hybridized carbons (Fsp3) is 0.320. The summed E-state index contributed by atoms with van der Waals surface area (Å²) in [4.78, 5) is 16.2. The Labute approximate surface area is 192 Å². The zero-order chi connectivity index (χ0) is 22.5. The molecule has 32 heavy (non-hydrogen) atoms. The van der Waals surface area contributed by atoms with Gasteiger partial charge >= 0.3 is 0 Å². The summed E-state index contributed by atoms with van der Waals surface area (Å²) < 4.78 is 22.4. The van der Waals surface area contributed by atoms with E-state index < -0.39 is 0 Å². The lowest BCUT2D eigenvalue weighted by molar-refractivity contribution is -0.134. The van der Waals surface area contributed by atoms with Gasteiger partial charge in [0.25, 0.3) is 0 Å². The monoisotopic (exact) mass is 453 g/mol. The number of nitrogens with zero attached hydrogens (tertiary/aromatic N) is 1. The molecule has 0 bridgehead atoms. The molecule has 0 aliphatic carbocycles. The van der Waals surface area contributed by atoms with Gasteiger partial charge in [0, 0.05) is 11.4 Å².